The number of likely N-dealkylation sites (tertiary alicyclic amines) is 1. The molecule has 2 aliphatic rings. The van der Waals surface area contributed by atoms with Gasteiger partial charge in [-0.15, -0.1) is 24.0 Å². The second-order valence-electron chi connectivity index (χ2n) is 6.95. The number of anilines is 1. The van der Waals surface area contributed by atoms with Crippen molar-refractivity contribution in [3.8, 4) is 0 Å². The molecule has 2 heterocycles. The molecule has 7 heteroatoms. The SMILES string of the molecule is CCC(CN=C(N)N1CCN(c2ccc(F)cc2)CC1)N1CCCC1.I. The molecule has 0 amide bonds. The molecular weight excluding hydrogens is 444 g/mol. The Kier molecular flexibility index (Phi) is 8.40. The normalized spacial score (nSPS) is 20.2. The van der Waals surface area contributed by atoms with Gasteiger partial charge >= 0.3 is 0 Å². The first kappa shape index (κ1) is 21.2. The van der Waals surface area contributed by atoms with Crippen LogP contribution in [-0.2, 0) is 0 Å². The van der Waals surface area contributed by atoms with Gasteiger partial charge in [0, 0.05) is 37.9 Å². The van der Waals surface area contributed by atoms with Gasteiger partial charge in [0.2, 0.25) is 0 Å². The van der Waals surface area contributed by atoms with E-state index in [0.29, 0.717) is 12.0 Å². The molecule has 1 unspecified atom stereocenters. The van der Waals surface area contributed by atoms with Crippen LogP contribution in [0.15, 0.2) is 29.3 Å². The quantitative estimate of drug-likeness (QED) is 0.405. The predicted octanol–water partition coefficient (Wildman–Crippen LogP) is 2.75. The molecule has 2 fully saturated rings. The fourth-order valence-electron chi connectivity index (χ4n) is 3.75. The van der Waals surface area contributed by atoms with E-state index in [1.54, 1.807) is 0 Å². The third kappa shape index (κ3) is 5.45. The first-order valence-corrected chi connectivity index (χ1v) is 9.47. The molecule has 0 spiro atoms. The van der Waals surface area contributed by atoms with Crippen molar-refractivity contribution in [2.75, 3.05) is 50.7 Å². The Morgan fingerprint density at radius 2 is 1.69 bits per heavy atom. The third-order valence-corrected chi connectivity index (χ3v) is 5.39. The summed E-state index contributed by atoms with van der Waals surface area (Å²) in [6.45, 7) is 8.89. The lowest BCUT2D eigenvalue weighted by molar-refractivity contribution is 0.241. The first-order chi connectivity index (χ1) is 12.2. The Labute approximate surface area is 173 Å². The number of piperazine rings is 1. The third-order valence-electron chi connectivity index (χ3n) is 5.39. The van der Waals surface area contributed by atoms with Gasteiger partial charge in [-0.25, -0.2) is 4.39 Å². The molecule has 3 rings (SSSR count). The maximum Gasteiger partial charge on any atom is 0.191 e. The minimum atomic E-state index is -0.192. The van der Waals surface area contributed by atoms with Crippen molar-refractivity contribution in [3.05, 3.63) is 30.1 Å². The van der Waals surface area contributed by atoms with Crippen LogP contribution < -0.4 is 10.6 Å². The highest BCUT2D eigenvalue weighted by atomic mass is 127. The zero-order valence-electron chi connectivity index (χ0n) is 15.6. The Bertz CT molecular complexity index is 566. The van der Waals surface area contributed by atoms with E-state index < -0.39 is 0 Å². The number of halogens is 2. The topological polar surface area (TPSA) is 48.1 Å². The van der Waals surface area contributed by atoms with Crippen LogP contribution >= 0.6 is 24.0 Å². The maximum absolute atomic E-state index is 13.1. The zero-order valence-corrected chi connectivity index (χ0v) is 17.9. The van der Waals surface area contributed by atoms with Crippen molar-refractivity contribution < 1.29 is 4.39 Å². The van der Waals surface area contributed by atoms with Crippen molar-refractivity contribution in [2.45, 2.75) is 32.2 Å². The second kappa shape index (κ2) is 10.3. The molecular formula is C19H31FIN5. The average molecular weight is 475 g/mol. The highest BCUT2D eigenvalue weighted by Crippen LogP contribution is 2.17. The minimum Gasteiger partial charge on any atom is -0.370 e. The van der Waals surface area contributed by atoms with E-state index in [9.17, 15) is 4.39 Å². The van der Waals surface area contributed by atoms with Gasteiger partial charge in [-0.3, -0.25) is 9.89 Å². The number of benzene rings is 1. The van der Waals surface area contributed by atoms with Crippen LogP contribution in [0, 0.1) is 5.82 Å². The Morgan fingerprint density at radius 1 is 1.08 bits per heavy atom. The van der Waals surface area contributed by atoms with Crippen LogP contribution in [0.5, 0.6) is 0 Å². The summed E-state index contributed by atoms with van der Waals surface area (Å²) in [6, 6.07) is 7.22. The van der Waals surface area contributed by atoms with Crippen LogP contribution in [0.1, 0.15) is 26.2 Å². The van der Waals surface area contributed by atoms with Crippen LogP contribution in [0.4, 0.5) is 10.1 Å². The van der Waals surface area contributed by atoms with Crippen molar-refractivity contribution in [2.24, 2.45) is 10.7 Å². The Morgan fingerprint density at radius 3 is 2.27 bits per heavy atom. The lowest BCUT2D eigenvalue weighted by atomic mass is 10.2. The number of nitrogens with two attached hydrogens (primary N) is 1. The molecule has 2 aliphatic heterocycles. The first-order valence-electron chi connectivity index (χ1n) is 9.47. The van der Waals surface area contributed by atoms with Gasteiger partial charge in [0.05, 0.1) is 6.54 Å². The van der Waals surface area contributed by atoms with Crippen LogP contribution in [0.3, 0.4) is 0 Å². The average Bonchev–Trinajstić information content (AvgIpc) is 3.17. The monoisotopic (exact) mass is 475 g/mol. The van der Waals surface area contributed by atoms with Crippen molar-refractivity contribution >= 4 is 35.6 Å². The number of hydrogen-bond acceptors (Lipinski definition) is 3. The molecule has 0 radical (unpaired) electrons. The van der Waals surface area contributed by atoms with E-state index in [1.165, 1.54) is 38.1 Å². The molecule has 0 bridgehead atoms. The summed E-state index contributed by atoms with van der Waals surface area (Å²) in [5.74, 6) is 0.471. The van der Waals surface area contributed by atoms with Crippen LogP contribution in [-0.4, -0.2) is 67.6 Å². The largest absolute Gasteiger partial charge is 0.370 e. The minimum absolute atomic E-state index is 0. The molecule has 1 aromatic carbocycles. The highest BCUT2D eigenvalue weighted by molar-refractivity contribution is 14.0. The number of rotatable bonds is 5. The fraction of sp³-hybridized carbons (Fsp3) is 0.632. The van der Waals surface area contributed by atoms with Gasteiger partial charge in [-0.05, 0) is 56.6 Å². The van der Waals surface area contributed by atoms with E-state index in [0.717, 1.165) is 44.8 Å². The van der Waals surface area contributed by atoms with E-state index in [2.05, 4.69) is 26.6 Å². The van der Waals surface area contributed by atoms with E-state index >= 15 is 0 Å². The Hall–Kier alpha value is -1.09. The fourth-order valence-corrected chi connectivity index (χ4v) is 3.75. The van der Waals surface area contributed by atoms with Gasteiger partial charge in [0.1, 0.15) is 5.82 Å². The summed E-state index contributed by atoms with van der Waals surface area (Å²) in [5.41, 5.74) is 7.31. The van der Waals surface area contributed by atoms with Gasteiger partial charge in [-0.2, -0.15) is 0 Å². The standard InChI is InChI=1S/C19H30FN5.HI/c1-2-17(23-9-3-4-10-23)15-22-19(21)25-13-11-24(12-14-25)18-7-5-16(20)6-8-18;/h5-8,17H,2-4,9-15H2,1H3,(H2,21,22);1H. The van der Waals surface area contributed by atoms with Crippen molar-refractivity contribution in [3.63, 3.8) is 0 Å². The Balaban J connectivity index is 0.00000243. The molecule has 0 saturated carbocycles. The lowest BCUT2D eigenvalue weighted by Crippen LogP contribution is -2.51. The molecule has 0 aliphatic carbocycles. The summed E-state index contributed by atoms with van der Waals surface area (Å²) < 4.78 is 13.1. The van der Waals surface area contributed by atoms with Crippen molar-refractivity contribution in [1.82, 2.24) is 9.80 Å². The number of hydrogen-bond donors (Lipinski definition) is 1. The molecule has 1 aromatic rings. The van der Waals surface area contributed by atoms with Gasteiger partial charge in [0.25, 0.3) is 0 Å². The highest BCUT2D eigenvalue weighted by Gasteiger charge is 2.22. The molecule has 146 valence electrons. The van der Waals surface area contributed by atoms with Gasteiger partial charge in [0.15, 0.2) is 5.96 Å². The van der Waals surface area contributed by atoms with E-state index in [1.807, 2.05) is 12.1 Å². The number of nitrogens with zero attached hydrogens (tertiary/aromatic N) is 4. The molecule has 26 heavy (non-hydrogen) atoms. The van der Waals surface area contributed by atoms with Crippen molar-refractivity contribution in [1.29, 1.82) is 0 Å². The van der Waals surface area contributed by atoms with E-state index in [-0.39, 0.29) is 29.8 Å². The summed E-state index contributed by atoms with van der Waals surface area (Å²) in [5, 5.41) is 0. The van der Waals surface area contributed by atoms with E-state index in [4.69, 9.17) is 5.73 Å². The molecule has 2 saturated heterocycles. The summed E-state index contributed by atoms with van der Waals surface area (Å²) in [4.78, 5) is 11.7. The van der Waals surface area contributed by atoms with Crippen LogP contribution in [0.25, 0.3) is 0 Å². The number of aliphatic imine (C=N–C) groups is 1. The zero-order chi connectivity index (χ0) is 17.6. The smallest absolute Gasteiger partial charge is 0.191 e. The number of guanidine groups is 1. The molecule has 5 nitrogen and oxygen atoms in total. The molecule has 0 aromatic heterocycles. The molecule has 2 N–H and O–H groups in total. The van der Waals surface area contributed by atoms with Gasteiger partial charge < -0.3 is 15.5 Å². The van der Waals surface area contributed by atoms with Gasteiger partial charge in [-0.1, -0.05) is 6.92 Å². The second-order valence-corrected chi connectivity index (χ2v) is 6.95. The predicted molar refractivity (Wildman–Crippen MR) is 117 cm³/mol. The molecule has 1 atom stereocenters. The lowest BCUT2D eigenvalue weighted by Gasteiger charge is -2.36. The maximum atomic E-state index is 13.1. The summed E-state index contributed by atoms with van der Waals surface area (Å²) in [7, 11) is 0. The summed E-state index contributed by atoms with van der Waals surface area (Å²) in [6.07, 6.45) is 3.73. The summed E-state index contributed by atoms with van der Waals surface area (Å²) >= 11 is 0. The van der Waals surface area contributed by atoms with Crippen LogP contribution in [0.2, 0.25) is 0 Å².